The molecule has 1 aliphatic rings. The van der Waals surface area contributed by atoms with Crippen LogP contribution in [-0.2, 0) is 14.8 Å². The number of nitrogens with one attached hydrogen (secondary N) is 2. The van der Waals surface area contributed by atoms with Crippen LogP contribution in [0.2, 0.25) is 0 Å². The number of carbonyl (C=O) groups excluding carboxylic acids is 2. The molecule has 0 spiro atoms. The molecule has 0 aromatic heterocycles. The number of ether oxygens (including phenoxy) is 1. The van der Waals surface area contributed by atoms with E-state index in [1.807, 2.05) is 19.1 Å². The SMILES string of the molecule is Cc1ccccc1OCC(=O)NNC(=O)c1cccc(S(=O)(=O)N2CCCC2)c1. The van der Waals surface area contributed by atoms with Crippen LogP contribution >= 0.6 is 0 Å². The van der Waals surface area contributed by atoms with Crippen molar-refractivity contribution >= 4 is 21.8 Å². The van der Waals surface area contributed by atoms with E-state index in [2.05, 4.69) is 10.9 Å². The van der Waals surface area contributed by atoms with E-state index in [1.54, 1.807) is 12.1 Å². The maximum absolute atomic E-state index is 12.6. The van der Waals surface area contributed by atoms with Crippen molar-refractivity contribution in [1.82, 2.24) is 15.2 Å². The van der Waals surface area contributed by atoms with E-state index < -0.39 is 21.8 Å². The lowest BCUT2D eigenvalue weighted by molar-refractivity contribution is -0.123. The number of sulfonamides is 1. The minimum atomic E-state index is -3.62. The summed E-state index contributed by atoms with van der Waals surface area (Å²) in [4.78, 5) is 24.3. The van der Waals surface area contributed by atoms with Gasteiger partial charge in [-0.1, -0.05) is 24.3 Å². The normalized spacial score (nSPS) is 14.4. The molecular weight excluding hydrogens is 394 g/mol. The van der Waals surface area contributed by atoms with Crippen LogP contribution in [-0.4, -0.2) is 44.2 Å². The first-order valence-corrected chi connectivity index (χ1v) is 10.7. The number of rotatable bonds is 6. The lowest BCUT2D eigenvalue weighted by Crippen LogP contribution is -2.43. The first-order valence-electron chi connectivity index (χ1n) is 9.26. The molecule has 29 heavy (non-hydrogen) atoms. The molecule has 0 aliphatic carbocycles. The van der Waals surface area contributed by atoms with Crippen molar-refractivity contribution in [1.29, 1.82) is 0 Å². The molecule has 154 valence electrons. The van der Waals surface area contributed by atoms with E-state index >= 15 is 0 Å². The van der Waals surface area contributed by atoms with Crippen LogP contribution in [0.1, 0.15) is 28.8 Å². The number of nitrogens with zero attached hydrogens (tertiary/aromatic N) is 1. The van der Waals surface area contributed by atoms with Crippen molar-refractivity contribution in [2.45, 2.75) is 24.7 Å². The van der Waals surface area contributed by atoms with E-state index in [4.69, 9.17) is 4.74 Å². The van der Waals surface area contributed by atoms with Gasteiger partial charge in [0.15, 0.2) is 6.61 Å². The van der Waals surface area contributed by atoms with Gasteiger partial charge in [0.05, 0.1) is 4.90 Å². The summed E-state index contributed by atoms with van der Waals surface area (Å²) in [5.41, 5.74) is 5.55. The molecule has 1 heterocycles. The monoisotopic (exact) mass is 417 g/mol. The molecule has 2 aromatic carbocycles. The quantitative estimate of drug-likeness (QED) is 0.695. The van der Waals surface area contributed by atoms with Crippen molar-refractivity contribution in [2.24, 2.45) is 0 Å². The number of benzene rings is 2. The molecular formula is C20H23N3O5S. The Hall–Kier alpha value is -2.91. The molecule has 2 N–H and O–H groups in total. The Bertz CT molecular complexity index is 1000. The van der Waals surface area contributed by atoms with Crippen LogP contribution in [0.4, 0.5) is 0 Å². The Morgan fingerprint density at radius 2 is 1.76 bits per heavy atom. The fraction of sp³-hybridized carbons (Fsp3) is 0.300. The van der Waals surface area contributed by atoms with E-state index in [1.165, 1.54) is 28.6 Å². The van der Waals surface area contributed by atoms with Crippen molar-refractivity contribution < 1.29 is 22.7 Å². The topological polar surface area (TPSA) is 105 Å². The predicted octanol–water partition coefficient (Wildman–Crippen LogP) is 1.62. The van der Waals surface area contributed by atoms with Gasteiger partial charge in [0.1, 0.15) is 5.75 Å². The van der Waals surface area contributed by atoms with Gasteiger partial charge in [-0.05, 0) is 49.6 Å². The van der Waals surface area contributed by atoms with Crippen molar-refractivity contribution in [3.63, 3.8) is 0 Å². The Morgan fingerprint density at radius 3 is 2.48 bits per heavy atom. The molecule has 0 atom stereocenters. The Kier molecular flexibility index (Phi) is 6.50. The van der Waals surface area contributed by atoms with Crippen LogP contribution in [0.15, 0.2) is 53.4 Å². The number of aryl methyl sites for hydroxylation is 1. The first kappa shape index (κ1) is 20.8. The molecule has 0 unspecified atom stereocenters. The highest BCUT2D eigenvalue weighted by Gasteiger charge is 2.27. The maximum atomic E-state index is 12.6. The lowest BCUT2D eigenvalue weighted by Gasteiger charge is -2.16. The summed E-state index contributed by atoms with van der Waals surface area (Å²) in [5.74, 6) is -0.580. The third-order valence-electron chi connectivity index (χ3n) is 4.57. The summed E-state index contributed by atoms with van der Waals surface area (Å²) in [6.45, 7) is 2.55. The number of para-hydroxylation sites is 1. The summed E-state index contributed by atoms with van der Waals surface area (Å²) in [7, 11) is -3.62. The van der Waals surface area contributed by atoms with Crippen LogP contribution in [0.3, 0.4) is 0 Å². The number of amides is 2. The molecule has 0 saturated carbocycles. The summed E-state index contributed by atoms with van der Waals surface area (Å²) >= 11 is 0. The zero-order valence-corrected chi connectivity index (χ0v) is 16.9. The van der Waals surface area contributed by atoms with Crippen LogP contribution < -0.4 is 15.6 Å². The zero-order chi connectivity index (χ0) is 20.9. The standard InChI is InChI=1S/C20H23N3O5S/c1-15-7-2-3-10-18(15)28-14-19(24)21-22-20(25)16-8-6-9-17(13-16)29(26,27)23-11-4-5-12-23/h2-3,6-10,13H,4-5,11-12,14H2,1H3,(H,21,24)(H,22,25). The highest BCUT2D eigenvalue weighted by atomic mass is 32.2. The molecule has 8 nitrogen and oxygen atoms in total. The molecule has 1 aliphatic heterocycles. The average Bonchev–Trinajstić information content (AvgIpc) is 3.27. The molecule has 3 rings (SSSR count). The second kappa shape index (κ2) is 9.06. The highest BCUT2D eigenvalue weighted by molar-refractivity contribution is 7.89. The zero-order valence-electron chi connectivity index (χ0n) is 16.1. The maximum Gasteiger partial charge on any atom is 0.276 e. The second-order valence-electron chi connectivity index (χ2n) is 6.70. The fourth-order valence-electron chi connectivity index (χ4n) is 2.97. The second-order valence-corrected chi connectivity index (χ2v) is 8.63. The summed E-state index contributed by atoms with van der Waals surface area (Å²) < 4.78 is 32.1. The van der Waals surface area contributed by atoms with Gasteiger partial charge < -0.3 is 4.74 Å². The molecule has 9 heteroatoms. The molecule has 2 aromatic rings. The van der Waals surface area contributed by atoms with Gasteiger partial charge >= 0.3 is 0 Å². The van der Waals surface area contributed by atoms with Crippen LogP contribution in [0.5, 0.6) is 5.75 Å². The third-order valence-corrected chi connectivity index (χ3v) is 6.46. The van der Waals surface area contributed by atoms with Crippen molar-refractivity contribution in [2.75, 3.05) is 19.7 Å². The average molecular weight is 417 g/mol. The van der Waals surface area contributed by atoms with Gasteiger partial charge in [-0.3, -0.25) is 20.4 Å². The molecule has 0 radical (unpaired) electrons. The predicted molar refractivity (Wildman–Crippen MR) is 107 cm³/mol. The van der Waals surface area contributed by atoms with Crippen LogP contribution in [0, 0.1) is 6.92 Å². The minimum absolute atomic E-state index is 0.0567. The molecule has 1 fully saturated rings. The van der Waals surface area contributed by atoms with Gasteiger partial charge in [-0.2, -0.15) is 4.31 Å². The minimum Gasteiger partial charge on any atom is -0.483 e. The van der Waals surface area contributed by atoms with Gasteiger partial charge in [-0.15, -0.1) is 0 Å². The number of carbonyl (C=O) groups is 2. The van der Waals surface area contributed by atoms with Crippen molar-refractivity contribution in [3.8, 4) is 5.75 Å². The first-order chi connectivity index (χ1) is 13.9. The van der Waals surface area contributed by atoms with Gasteiger partial charge in [-0.25, -0.2) is 8.42 Å². The van der Waals surface area contributed by atoms with E-state index in [9.17, 15) is 18.0 Å². The summed E-state index contributed by atoms with van der Waals surface area (Å²) in [5, 5.41) is 0. The van der Waals surface area contributed by atoms with Crippen LogP contribution in [0.25, 0.3) is 0 Å². The van der Waals surface area contributed by atoms with E-state index in [-0.39, 0.29) is 17.1 Å². The molecule has 2 amide bonds. The number of hydrogen-bond donors (Lipinski definition) is 2. The van der Waals surface area contributed by atoms with Gasteiger partial charge in [0.2, 0.25) is 10.0 Å². The third kappa shape index (κ3) is 5.12. The lowest BCUT2D eigenvalue weighted by atomic mass is 10.2. The van der Waals surface area contributed by atoms with Gasteiger partial charge in [0.25, 0.3) is 11.8 Å². The summed E-state index contributed by atoms with van der Waals surface area (Å²) in [6.07, 6.45) is 1.66. The van der Waals surface area contributed by atoms with E-state index in [0.717, 1.165) is 18.4 Å². The van der Waals surface area contributed by atoms with E-state index in [0.29, 0.717) is 18.8 Å². The molecule has 0 bridgehead atoms. The number of hydrazine groups is 1. The van der Waals surface area contributed by atoms with Gasteiger partial charge in [0, 0.05) is 18.7 Å². The smallest absolute Gasteiger partial charge is 0.276 e. The molecule has 1 saturated heterocycles. The Morgan fingerprint density at radius 1 is 1.03 bits per heavy atom. The number of hydrogen-bond acceptors (Lipinski definition) is 5. The fourth-order valence-corrected chi connectivity index (χ4v) is 4.54. The Balaban J connectivity index is 1.57. The summed E-state index contributed by atoms with van der Waals surface area (Å²) in [6, 6.07) is 13.0. The highest BCUT2D eigenvalue weighted by Crippen LogP contribution is 2.21. The van der Waals surface area contributed by atoms with Crippen molar-refractivity contribution in [3.05, 3.63) is 59.7 Å². The largest absolute Gasteiger partial charge is 0.483 e. The Labute approximate surface area is 169 Å².